The summed E-state index contributed by atoms with van der Waals surface area (Å²) in [6.45, 7) is 8.27. The molecule has 1 unspecified atom stereocenters. The topological polar surface area (TPSA) is 17.1 Å². The fraction of sp³-hybridized carbons (Fsp3) is 0.889. The minimum Gasteiger partial charge on any atom is -0.304 e. The lowest BCUT2D eigenvalue weighted by Gasteiger charge is -2.17. The Hall–Kier alpha value is 0.177. The Bertz CT molecular complexity index is 151. The molecule has 0 aliphatic rings. The van der Waals surface area contributed by atoms with Crippen LogP contribution in [0.1, 0.15) is 26.2 Å². The number of unbranched alkanes of at least 4 members (excludes halogenated alkanes) is 1. The highest BCUT2D eigenvalue weighted by molar-refractivity contribution is 7.05. The van der Waals surface area contributed by atoms with Crippen LogP contribution < -0.4 is 0 Å². The van der Waals surface area contributed by atoms with Crippen LogP contribution in [0, 0.1) is 0 Å². The molecule has 0 heterocycles. The summed E-state index contributed by atoms with van der Waals surface area (Å²) in [5.41, 5.74) is 0. The largest absolute Gasteiger partial charge is 0.304 e. The SMILES string of the molecule is CCCCC(Cl)C(=O)[Si](C)(C)C. The van der Waals surface area contributed by atoms with Gasteiger partial charge in [0.15, 0.2) is 0 Å². The molecule has 0 aliphatic carbocycles. The number of rotatable bonds is 5. The summed E-state index contributed by atoms with van der Waals surface area (Å²) in [4.78, 5) is 11.6. The van der Waals surface area contributed by atoms with Gasteiger partial charge in [-0.2, -0.15) is 0 Å². The molecule has 72 valence electrons. The molecule has 0 N–H and O–H groups in total. The normalized spacial score (nSPS) is 14.4. The van der Waals surface area contributed by atoms with E-state index < -0.39 is 8.07 Å². The van der Waals surface area contributed by atoms with Gasteiger partial charge in [-0.25, -0.2) is 0 Å². The molecule has 0 spiro atoms. The van der Waals surface area contributed by atoms with Crippen molar-refractivity contribution in [1.82, 2.24) is 0 Å². The molecule has 0 bridgehead atoms. The van der Waals surface area contributed by atoms with E-state index in [1.165, 1.54) is 0 Å². The zero-order valence-electron chi connectivity index (χ0n) is 8.48. The molecule has 1 atom stereocenters. The lowest BCUT2D eigenvalue weighted by atomic mass is 10.2. The predicted octanol–water partition coefficient (Wildman–Crippen LogP) is 3.23. The Labute approximate surface area is 81.5 Å². The molecule has 3 heteroatoms. The van der Waals surface area contributed by atoms with Gasteiger partial charge >= 0.3 is 0 Å². The van der Waals surface area contributed by atoms with E-state index in [-0.39, 0.29) is 5.38 Å². The number of halogens is 1. The summed E-state index contributed by atoms with van der Waals surface area (Å²) < 4.78 is 0. The van der Waals surface area contributed by atoms with Crippen molar-refractivity contribution in [2.45, 2.75) is 51.2 Å². The molecule has 1 nitrogen and oxygen atoms in total. The first-order valence-corrected chi connectivity index (χ1v) is 8.51. The molecule has 0 fully saturated rings. The molecule has 0 saturated carbocycles. The van der Waals surface area contributed by atoms with Gasteiger partial charge in [0, 0.05) is 0 Å². The van der Waals surface area contributed by atoms with Gasteiger partial charge in [-0.15, -0.1) is 11.6 Å². The molecule has 0 saturated heterocycles. The summed E-state index contributed by atoms with van der Waals surface area (Å²) in [6.07, 6.45) is 3.02. The van der Waals surface area contributed by atoms with Crippen LogP contribution in [0.4, 0.5) is 0 Å². The Kier molecular flexibility index (Phi) is 5.10. The predicted molar refractivity (Wildman–Crippen MR) is 57.5 cm³/mol. The van der Waals surface area contributed by atoms with E-state index >= 15 is 0 Å². The van der Waals surface area contributed by atoms with Crippen molar-refractivity contribution in [3.8, 4) is 0 Å². The van der Waals surface area contributed by atoms with Gasteiger partial charge in [0.25, 0.3) is 0 Å². The first-order chi connectivity index (χ1) is 5.39. The minimum atomic E-state index is -1.64. The monoisotopic (exact) mass is 206 g/mol. The minimum absolute atomic E-state index is 0.225. The Morgan fingerprint density at radius 3 is 2.25 bits per heavy atom. The van der Waals surface area contributed by atoms with Crippen LogP contribution in [0.5, 0.6) is 0 Å². The van der Waals surface area contributed by atoms with Gasteiger partial charge < -0.3 is 4.79 Å². The highest BCUT2D eigenvalue weighted by Crippen LogP contribution is 2.15. The standard InChI is InChI=1S/C9H19ClOSi/c1-5-6-7-8(10)9(11)12(2,3)4/h8H,5-7H2,1-4H3. The molecular weight excluding hydrogens is 188 g/mol. The molecule has 0 aromatic heterocycles. The summed E-state index contributed by atoms with van der Waals surface area (Å²) in [5.74, 6) is 0. The van der Waals surface area contributed by atoms with Crippen LogP contribution in [0.3, 0.4) is 0 Å². The van der Waals surface area contributed by atoms with E-state index in [2.05, 4.69) is 26.6 Å². The van der Waals surface area contributed by atoms with Crippen LogP contribution in [0.2, 0.25) is 19.6 Å². The van der Waals surface area contributed by atoms with E-state index in [1.807, 2.05) is 0 Å². The third-order valence-electron chi connectivity index (χ3n) is 1.83. The van der Waals surface area contributed by atoms with Crippen molar-refractivity contribution in [1.29, 1.82) is 0 Å². The van der Waals surface area contributed by atoms with Crippen molar-refractivity contribution in [3.63, 3.8) is 0 Å². The molecular formula is C9H19ClOSi. The van der Waals surface area contributed by atoms with Crippen molar-refractivity contribution in [2.24, 2.45) is 0 Å². The number of hydrogen-bond acceptors (Lipinski definition) is 1. The van der Waals surface area contributed by atoms with Crippen LogP contribution >= 0.6 is 11.6 Å². The number of carbonyl (C=O) groups excluding carboxylic acids is 1. The molecule has 0 aromatic rings. The number of alkyl halides is 1. The van der Waals surface area contributed by atoms with E-state index in [9.17, 15) is 4.79 Å². The van der Waals surface area contributed by atoms with Gasteiger partial charge in [0.1, 0.15) is 13.5 Å². The van der Waals surface area contributed by atoms with Crippen molar-refractivity contribution in [2.75, 3.05) is 0 Å². The van der Waals surface area contributed by atoms with Crippen LogP contribution in [0.15, 0.2) is 0 Å². The Morgan fingerprint density at radius 2 is 1.92 bits per heavy atom. The van der Waals surface area contributed by atoms with Crippen LogP contribution in [-0.4, -0.2) is 18.9 Å². The Balaban J connectivity index is 3.94. The maximum absolute atomic E-state index is 11.6. The second-order valence-electron chi connectivity index (χ2n) is 4.22. The maximum atomic E-state index is 11.6. The average Bonchev–Trinajstić information content (AvgIpc) is 1.97. The first-order valence-electron chi connectivity index (χ1n) is 4.58. The summed E-state index contributed by atoms with van der Waals surface area (Å²) in [6, 6.07) is 0. The second kappa shape index (κ2) is 5.03. The van der Waals surface area contributed by atoms with E-state index in [4.69, 9.17) is 11.6 Å². The van der Waals surface area contributed by atoms with E-state index in [1.54, 1.807) is 0 Å². The zero-order chi connectivity index (χ0) is 9.78. The highest BCUT2D eigenvalue weighted by Gasteiger charge is 2.29. The fourth-order valence-electron chi connectivity index (χ4n) is 0.984. The van der Waals surface area contributed by atoms with Crippen molar-refractivity contribution in [3.05, 3.63) is 0 Å². The van der Waals surface area contributed by atoms with Gasteiger partial charge in [-0.1, -0.05) is 39.4 Å². The first kappa shape index (κ1) is 12.2. The van der Waals surface area contributed by atoms with Gasteiger partial charge in [-0.05, 0) is 6.42 Å². The van der Waals surface area contributed by atoms with Gasteiger partial charge in [-0.3, -0.25) is 0 Å². The smallest absolute Gasteiger partial charge is 0.128 e. The molecule has 0 aliphatic heterocycles. The maximum Gasteiger partial charge on any atom is 0.128 e. The lowest BCUT2D eigenvalue weighted by molar-refractivity contribution is -0.112. The number of hydrogen-bond donors (Lipinski definition) is 0. The summed E-state index contributed by atoms with van der Waals surface area (Å²) >= 11 is 5.98. The molecule has 0 aromatic carbocycles. The molecule has 0 amide bonds. The summed E-state index contributed by atoms with van der Waals surface area (Å²) in [5, 5.41) is 0.0780. The highest BCUT2D eigenvalue weighted by atomic mass is 35.5. The summed E-state index contributed by atoms with van der Waals surface area (Å²) in [7, 11) is -1.64. The molecule has 0 rings (SSSR count). The van der Waals surface area contributed by atoms with Gasteiger partial charge in [0.2, 0.25) is 0 Å². The third kappa shape index (κ3) is 4.26. The second-order valence-corrected chi connectivity index (χ2v) is 9.74. The zero-order valence-corrected chi connectivity index (χ0v) is 10.2. The number of carbonyl (C=O) groups is 1. The Morgan fingerprint density at radius 1 is 1.42 bits per heavy atom. The van der Waals surface area contributed by atoms with Crippen LogP contribution in [0.25, 0.3) is 0 Å². The average molecular weight is 207 g/mol. The third-order valence-corrected chi connectivity index (χ3v) is 4.26. The van der Waals surface area contributed by atoms with Crippen LogP contribution in [-0.2, 0) is 4.79 Å². The van der Waals surface area contributed by atoms with Crippen molar-refractivity contribution < 1.29 is 4.79 Å². The van der Waals surface area contributed by atoms with E-state index in [0.717, 1.165) is 19.3 Å². The molecule has 0 radical (unpaired) electrons. The van der Waals surface area contributed by atoms with E-state index in [0.29, 0.717) is 5.41 Å². The van der Waals surface area contributed by atoms with Gasteiger partial charge in [0.05, 0.1) is 5.38 Å². The fourth-order valence-corrected chi connectivity index (χ4v) is 3.20. The van der Waals surface area contributed by atoms with Crippen molar-refractivity contribution >= 4 is 25.1 Å². The lowest BCUT2D eigenvalue weighted by Crippen LogP contribution is -2.39. The quantitative estimate of drug-likeness (QED) is 0.499. The molecule has 12 heavy (non-hydrogen) atoms.